The minimum atomic E-state index is -1.14. The normalized spacial score (nSPS) is 25.9. The zero-order valence-corrected chi connectivity index (χ0v) is 27.1. The molecule has 1 fully saturated rings. The van der Waals surface area contributed by atoms with E-state index in [2.05, 4.69) is 26.2 Å². The fourth-order valence-electron chi connectivity index (χ4n) is 5.93. The number of carbonyl (C=O) groups excluding carboxylic acids is 3. The lowest BCUT2D eigenvalue weighted by molar-refractivity contribution is -0.134. The minimum Gasteiger partial charge on any atom is -0.503 e. The van der Waals surface area contributed by atoms with Crippen LogP contribution in [0.2, 0.25) is 0 Å². The Morgan fingerprint density at radius 3 is 2.30 bits per heavy atom. The molecule has 2 aromatic carbocycles. The van der Waals surface area contributed by atoms with Gasteiger partial charge in [-0.3, -0.25) is 19.7 Å². The van der Waals surface area contributed by atoms with Crippen LogP contribution in [0.15, 0.2) is 36.4 Å². The van der Waals surface area contributed by atoms with E-state index in [0.29, 0.717) is 25.3 Å². The highest BCUT2D eigenvalue weighted by Gasteiger charge is 2.33. The number of carbonyl (C=O) groups is 3. The molecule has 2 aliphatic rings. The number of amides is 3. The van der Waals surface area contributed by atoms with Gasteiger partial charge in [0.1, 0.15) is 24.4 Å². The summed E-state index contributed by atoms with van der Waals surface area (Å²) in [6.45, 7) is 10.0. The molecule has 0 bridgehead atoms. The van der Waals surface area contributed by atoms with E-state index in [-0.39, 0.29) is 42.4 Å². The van der Waals surface area contributed by atoms with E-state index >= 15 is 0 Å². The Balaban J connectivity index is 1.65. The van der Waals surface area contributed by atoms with Gasteiger partial charge in [0.25, 0.3) is 0 Å². The second-order valence-electron chi connectivity index (χ2n) is 13.0. The first kappa shape index (κ1) is 35.1. The van der Waals surface area contributed by atoms with Crippen molar-refractivity contribution in [1.82, 2.24) is 26.2 Å². The smallest absolute Gasteiger partial charge is 0.243 e. The Kier molecular flexibility index (Phi) is 12.3. The Morgan fingerprint density at radius 2 is 1.63 bits per heavy atom. The highest BCUT2D eigenvalue weighted by Crippen LogP contribution is 2.24. The van der Waals surface area contributed by atoms with E-state index < -0.39 is 47.3 Å². The molecule has 0 aromatic heterocycles. The molecule has 5 atom stereocenters. The third kappa shape index (κ3) is 9.62. The molecule has 0 radical (unpaired) electrons. The molecule has 252 valence electrons. The monoisotopic (exact) mass is 643 g/mol. The van der Waals surface area contributed by atoms with Crippen LogP contribution in [-0.4, -0.2) is 84.7 Å². The number of fused-ring (bicyclic) bond motifs is 1. The van der Waals surface area contributed by atoms with Crippen LogP contribution in [-0.2, 0) is 27.2 Å². The van der Waals surface area contributed by atoms with Gasteiger partial charge in [0.05, 0.1) is 6.04 Å². The first-order valence-corrected chi connectivity index (χ1v) is 16.2. The van der Waals surface area contributed by atoms with Crippen LogP contribution in [0, 0.1) is 23.5 Å². The van der Waals surface area contributed by atoms with Crippen molar-refractivity contribution < 1.29 is 33.0 Å². The van der Waals surface area contributed by atoms with Crippen LogP contribution >= 0.6 is 0 Å². The summed E-state index contributed by atoms with van der Waals surface area (Å²) in [6, 6.07) is 6.36. The van der Waals surface area contributed by atoms with Crippen LogP contribution in [0.4, 0.5) is 8.78 Å². The molecule has 12 heteroatoms. The standard InChI is InChI=1S/C34H47F2N5O5/c1-20(2)30-34(45)39-28(18-41-11-7-8-12-41)32(43)37-17-21(3)13-24-9-5-6-10-29(24)46-19-22(4)38-27(33(44)40-30)16-23-14-25(35)31(42)26(36)15-23/h5-6,9-10,14-15,20-22,27-28,30,38,42H,7-8,11-13,16-19H2,1-4H3,(H,37,43)(H,39,45)(H,40,44)/t21-,22-,27+,28-,30+/m0/s1. The lowest BCUT2D eigenvalue weighted by Crippen LogP contribution is -2.60. The molecule has 0 spiro atoms. The molecule has 0 unspecified atom stereocenters. The van der Waals surface area contributed by atoms with Crippen molar-refractivity contribution in [2.24, 2.45) is 11.8 Å². The number of phenols is 1. The quantitative estimate of drug-likeness (QED) is 0.339. The lowest BCUT2D eigenvalue weighted by atomic mass is 9.99. The zero-order valence-electron chi connectivity index (χ0n) is 27.1. The third-order valence-electron chi connectivity index (χ3n) is 8.49. The zero-order chi connectivity index (χ0) is 33.4. The van der Waals surface area contributed by atoms with Gasteiger partial charge in [-0.1, -0.05) is 39.0 Å². The van der Waals surface area contributed by atoms with Crippen LogP contribution in [0.3, 0.4) is 0 Å². The van der Waals surface area contributed by atoms with Crippen LogP contribution in [0.5, 0.6) is 11.5 Å². The molecule has 2 aliphatic heterocycles. The number of aromatic hydroxyl groups is 1. The molecule has 0 aliphatic carbocycles. The summed E-state index contributed by atoms with van der Waals surface area (Å²) in [5.74, 6) is -4.32. The first-order chi connectivity index (χ1) is 21.9. The van der Waals surface area contributed by atoms with E-state index in [9.17, 15) is 28.3 Å². The number of ether oxygens (including phenoxy) is 1. The fourth-order valence-corrected chi connectivity index (χ4v) is 5.93. The predicted octanol–water partition coefficient (Wildman–Crippen LogP) is 2.67. The van der Waals surface area contributed by atoms with E-state index in [1.165, 1.54) is 0 Å². The molecule has 46 heavy (non-hydrogen) atoms. The molecule has 2 heterocycles. The highest BCUT2D eigenvalue weighted by atomic mass is 19.1. The summed E-state index contributed by atoms with van der Waals surface area (Å²) >= 11 is 0. The maximum Gasteiger partial charge on any atom is 0.243 e. The summed E-state index contributed by atoms with van der Waals surface area (Å²) in [5, 5.41) is 21.5. The summed E-state index contributed by atoms with van der Waals surface area (Å²) in [4.78, 5) is 43.1. The van der Waals surface area contributed by atoms with Crippen LogP contribution in [0.1, 0.15) is 51.7 Å². The molecule has 3 amide bonds. The molecule has 0 saturated carbocycles. The van der Waals surface area contributed by atoms with E-state index in [4.69, 9.17) is 4.74 Å². The van der Waals surface area contributed by atoms with Gasteiger partial charge in [0.2, 0.25) is 17.7 Å². The van der Waals surface area contributed by atoms with Crippen molar-refractivity contribution in [3.63, 3.8) is 0 Å². The number of likely N-dealkylation sites (tertiary alicyclic amines) is 1. The lowest BCUT2D eigenvalue weighted by Gasteiger charge is -2.30. The highest BCUT2D eigenvalue weighted by molar-refractivity contribution is 5.93. The average molecular weight is 644 g/mol. The summed E-state index contributed by atoms with van der Waals surface area (Å²) in [7, 11) is 0. The van der Waals surface area contributed by atoms with E-state index in [1.54, 1.807) is 13.8 Å². The number of nitrogens with one attached hydrogen (secondary N) is 4. The second-order valence-corrected chi connectivity index (χ2v) is 13.0. The largest absolute Gasteiger partial charge is 0.503 e. The number of para-hydroxylation sites is 1. The van der Waals surface area contributed by atoms with Gasteiger partial charge in [0.15, 0.2) is 17.4 Å². The van der Waals surface area contributed by atoms with Crippen molar-refractivity contribution in [3.05, 3.63) is 59.2 Å². The average Bonchev–Trinajstić information content (AvgIpc) is 3.52. The van der Waals surface area contributed by atoms with Crippen molar-refractivity contribution in [2.75, 3.05) is 32.8 Å². The molecule has 2 aromatic rings. The maximum atomic E-state index is 14.2. The van der Waals surface area contributed by atoms with Crippen LogP contribution in [0.25, 0.3) is 0 Å². The number of rotatable bonds is 5. The number of benzene rings is 2. The predicted molar refractivity (Wildman–Crippen MR) is 170 cm³/mol. The van der Waals surface area contributed by atoms with Gasteiger partial charge in [-0.05, 0) is 86.9 Å². The maximum absolute atomic E-state index is 14.2. The summed E-state index contributed by atoms with van der Waals surface area (Å²) in [5.41, 5.74) is 1.10. The van der Waals surface area contributed by atoms with Crippen LogP contribution < -0.4 is 26.0 Å². The van der Waals surface area contributed by atoms with E-state index in [1.807, 2.05) is 38.1 Å². The van der Waals surface area contributed by atoms with Gasteiger partial charge in [-0.25, -0.2) is 8.78 Å². The summed E-state index contributed by atoms with van der Waals surface area (Å²) < 4.78 is 34.6. The molecule has 10 nitrogen and oxygen atoms in total. The molecular weight excluding hydrogens is 596 g/mol. The fraction of sp³-hybridized carbons (Fsp3) is 0.559. The van der Waals surface area contributed by atoms with Gasteiger partial charge in [-0.2, -0.15) is 0 Å². The van der Waals surface area contributed by atoms with Crippen molar-refractivity contribution in [2.45, 2.75) is 77.5 Å². The number of halogens is 2. The minimum absolute atomic E-state index is 0.0736. The van der Waals surface area contributed by atoms with Crippen molar-refractivity contribution in [3.8, 4) is 11.5 Å². The number of nitrogens with zero attached hydrogens (tertiary/aromatic N) is 1. The Bertz CT molecular complexity index is 1350. The molecule has 1 saturated heterocycles. The molecule has 4 rings (SSSR count). The number of phenolic OH excluding ortho intramolecular Hbond substituents is 1. The Hall–Kier alpha value is -3.77. The number of hydrogen-bond donors (Lipinski definition) is 5. The van der Waals surface area contributed by atoms with E-state index in [0.717, 1.165) is 43.6 Å². The van der Waals surface area contributed by atoms with Crippen molar-refractivity contribution >= 4 is 17.7 Å². The SMILES string of the molecule is CC(C)[C@H]1NC(=O)[C@@H](Cc2cc(F)c(O)c(F)c2)N[C@@H](C)COc2ccccc2C[C@H](C)CNC(=O)[C@H](CN2CCCC2)NC1=O. The third-order valence-corrected chi connectivity index (χ3v) is 8.49. The van der Waals surface area contributed by atoms with Gasteiger partial charge in [-0.15, -0.1) is 0 Å². The van der Waals surface area contributed by atoms with Gasteiger partial charge < -0.3 is 30.7 Å². The second kappa shape index (κ2) is 16.2. The van der Waals surface area contributed by atoms with Gasteiger partial charge >= 0.3 is 0 Å². The Labute approximate surface area is 269 Å². The van der Waals surface area contributed by atoms with Gasteiger partial charge in [0, 0.05) is 19.1 Å². The molecule has 5 N–H and O–H groups in total. The molecular formula is C34H47F2N5O5. The topological polar surface area (TPSA) is 132 Å². The first-order valence-electron chi connectivity index (χ1n) is 16.2. The Morgan fingerprint density at radius 1 is 0.957 bits per heavy atom. The summed E-state index contributed by atoms with van der Waals surface area (Å²) in [6.07, 6.45) is 2.55. The number of hydrogen-bond acceptors (Lipinski definition) is 7. The van der Waals surface area contributed by atoms with Crippen molar-refractivity contribution in [1.29, 1.82) is 0 Å².